The van der Waals surface area contributed by atoms with E-state index in [0.29, 0.717) is 13.0 Å². The molecule has 0 heterocycles. The Morgan fingerprint density at radius 1 is 0.421 bits per heavy atom. The zero-order valence-corrected chi connectivity index (χ0v) is 26.4. The maximum Gasteiger partial charge on any atom is 0.305 e. The number of hydrogen-bond acceptors (Lipinski definition) is 2. The van der Waals surface area contributed by atoms with Crippen LogP contribution < -0.4 is 0 Å². The quantitative estimate of drug-likeness (QED) is 0.0487. The molecule has 0 bridgehead atoms. The number of carbonyl (C=O) groups excluding carboxylic acids is 1. The lowest BCUT2D eigenvalue weighted by atomic mass is 10.0. The van der Waals surface area contributed by atoms with Gasteiger partial charge in [-0.1, -0.05) is 174 Å². The monoisotopic (exact) mass is 535 g/mol. The van der Waals surface area contributed by atoms with Crippen molar-refractivity contribution < 1.29 is 9.53 Å². The molecule has 0 aromatic heterocycles. The van der Waals surface area contributed by atoms with Crippen LogP contribution in [0.1, 0.15) is 206 Å². The van der Waals surface area contributed by atoms with E-state index in [2.05, 4.69) is 26.0 Å². The van der Waals surface area contributed by atoms with Gasteiger partial charge in [-0.2, -0.15) is 0 Å². The van der Waals surface area contributed by atoms with Crippen molar-refractivity contribution >= 4 is 5.97 Å². The van der Waals surface area contributed by atoms with Gasteiger partial charge in [0.2, 0.25) is 0 Å². The molecule has 0 aliphatic rings. The Balaban J connectivity index is 3.17. The summed E-state index contributed by atoms with van der Waals surface area (Å²) in [7, 11) is 0. The Hall–Kier alpha value is -0.790. The van der Waals surface area contributed by atoms with E-state index >= 15 is 0 Å². The van der Waals surface area contributed by atoms with Crippen LogP contribution in [-0.2, 0) is 9.53 Å². The fraction of sp³-hybridized carbons (Fsp3) is 0.917. The van der Waals surface area contributed by atoms with Gasteiger partial charge in [0.15, 0.2) is 0 Å². The van der Waals surface area contributed by atoms with E-state index < -0.39 is 0 Å². The standard InChI is InChI=1S/C36H70O2/c1-3-5-7-9-11-13-15-17-18-19-20-21-23-25-27-29-31-33-35-38-36(37)34-32-30-28-26-24-22-16-14-12-10-8-6-4-2/h14,16H,3-13,15,17-35H2,1-2H3. The van der Waals surface area contributed by atoms with Crippen molar-refractivity contribution in [2.45, 2.75) is 206 Å². The van der Waals surface area contributed by atoms with Crippen molar-refractivity contribution in [1.82, 2.24) is 0 Å². The van der Waals surface area contributed by atoms with Crippen molar-refractivity contribution in [1.29, 1.82) is 0 Å². The fourth-order valence-electron chi connectivity index (χ4n) is 5.25. The minimum atomic E-state index is 0.0166. The van der Waals surface area contributed by atoms with Gasteiger partial charge in [0.1, 0.15) is 0 Å². The predicted molar refractivity (Wildman–Crippen MR) is 170 cm³/mol. The van der Waals surface area contributed by atoms with E-state index in [-0.39, 0.29) is 5.97 Å². The first kappa shape index (κ1) is 37.2. The van der Waals surface area contributed by atoms with Crippen molar-refractivity contribution in [3.8, 4) is 0 Å². The maximum atomic E-state index is 11.9. The van der Waals surface area contributed by atoms with Crippen molar-refractivity contribution in [2.75, 3.05) is 6.61 Å². The molecule has 0 atom stereocenters. The molecule has 0 aromatic carbocycles. The molecule has 0 amide bonds. The summed E-state index contributed by atoms with van der Waals surface area (Å²) in [5.74, 6) is 0.0166. The molecule has 0 N–H and O–H groups in total. The van der Waals surface area contributed by atoms with Crippen LogP contribution in [-0.4, -0.2) is 12.6 Å². The van der Waals surface area contributed by atoms with Gasteiger partial charge in [0.25, 0.3) is 0 Å². The highest BCUT2D eigenvalue weighted by Gasteiger charge is 2.02. The molecule has 0 saturated heterocycles. The maximum absolute atomic E-state index is 11.9. The van der Waals surface area contributed by atoms with E-state index in [1.54, 1.807) is 0 Å². The minimum absolute atomic E-state index is 0.0166. The summed E-state index contributed by atoms with van der Waals surface area (Å²) in [5, 5.41) is 0. The number of unbranched alkanes of at least 4 members (excludes halogenated alkanes) is 26. The van der Waals surface area contributed by atoms with Gasteiger partial charge < -0.3 is 4.74 Å². The lowest BCUT2D eigenvalue weighted by molar-refractivity contribution is -0.143. The van der Waals surface area contributed by atoms with Crippen LogP contribution in [0, 0.1) is 0 Å². The molecule has 0 fully saturated rings. The summed E-state index contributed by atoms with van der Waals surface area (Å²) in [6, 6.07) is 0. The van der Waals surface area contributed by atoms with Gasteiger partial charge in [-0.05, 0) is 38.5 Å². The number of esters is 1. The van der Waals surface area contributed by atoms with Gasteiger partial charge in [-0.3, -0.25) is 4.79 Å². The third-order valence-corrected chi connectivity index (χ3v) is 7.90. The van der Waals surface area contributed by atoms with E-state index in [4.69, 9.17) is 4.74 Å². The molecule has 2 nitrogen and oxygen atoms in total. The predicted octanol–water partition coefficient (Wildman–Crippen LogP) is 12.8. The molecular weight excluding hydrogens is 464 g/mol. The summed E-state index contributed by atoms with van der Waals surface area (Å²) < 4.78 is 5.43. The molecular formula is C36H70O2. The van der Waals surface area contributed by atoms with E-state index in [1.165, 1.54) is 167 Å². The highest BCUT2D eigenvalue weighted by molar-refractivity contribution is 5.69. The molecule has 0 aromatic rings. The van der Waals surface area contributed by atoms with E-state index in [0.717, 1.165) is 19.3 Å². The van der Waals surface area contributed by atoms with Gasteiger partial charge >= 0.3 is 5.97 Å². The molecule has 0 rings (SSSR count). The summed E-state index contributed by atoms with van der Waals surface area (Å²) in [6.45, 7) is 5.19. The SMILES string of the molecule is CCCCCCC=CCCCCCCCC(=O)OCCCCCCCCCCCCCCCCCCCC. The van der Waals surface area contributed by atoms with Crippen LogP contribution in [0.25, 0.3) is 0 Å². The Morgan fingerprint density at radius 2 is 0.737 bits per heavy atom. The molecule has 0 radical (unpaired) electrons. The third kappa shape index (κ3) is 33.2. The average Bonchev–Trinajstić information content (AvgIpc) is 2.92. The molecule has 226 valence electrons. The van der Waals surface area contributed by atoms with Crippen LogP contribution in [0.5, 0.6) is 0 Å². The lowest BCUT2D eigenvalue weighted by Crippen LogP contribution is -2.05. The number of rotatable bonds is 32. The van der Waals surface area contributed by atoms with Crippen LogP contribution in [0.4, 0.5) is 0 Å². The molecule has 0 spiro atoms. The third-order valence-electron chi connectivity index (χ3n) is 7.90. The van der Waals surface area contributed by atoms with Crippen LogP contribution in [0.3, 0.4) is 0 Å². The first-order valence-electron chi connectivity index (χ1n) is 17.6. The first-order valence-corrected chi connectivity index (χ1v) is 17.6. The average molecular weight is 535 g/mol. The second-order valence-corrected chi connectivity index (χ2v) is 11.9. The van der Waals surface area contributed by atoms with Gasteiger partial charge in [0.05, 0.1) is 6.61 Å². The molecule has 38 heavy (non-hydrogen) atoms. The molecule has 2 heteroatoms. The van der Waals surface area contributed by atoms with Gasteiger partial charge in [-0.25, -0.2) is 0 Å². The van der Waals surface area contributed by atoms with Crippen LogP contribution in [0.15, 0.2) is 12.2 Å². The number of hydrogen-bond donors (Lipinski definition) is 0. The van der Waals surface area contributed by atoms with E-state index in [1.807, 2.05) is 0 Å². The van der Waals surface area contributed by atoms with Crippen LogP contribution >= 0.6 is 0 Å². The molecule has 0 aliphatic heterocycles. The molecule has 0 unspecified atom stereocenters. The van der Waals surface area contributed by atoms with Crippen molar-refractivity contribution in [2.24, 2.45) is 0 Å². The van der Waals surface area contributed by atoms with E-state index in [9.17, 15) is 4.79 Å². The second kappa shape index (κ2) is 34.2. The summed E-state index contributed by atoms with van der Waals surface area (Å²) in [4.78, 5) is 11.9. The smallest absolute Gasteiger partial charge is 0.305 e. The second-order valence-electron chi connectivity index (χ2n) is 11.9. The Bertz CT molecular complexity index is 470. The summed E-state index contributed by atoms with van der Waals surface area (Å²) in [6.07, 6.45) is 44.1. The lowest BCUT2D eigenvalue weighted by Gasteiger charge is -2.05. The zero-order valence-electron chi connectivity index (χ0n) is 26.4. The highest BCUT2D eigenvalue weighted by Crippen LogP contribution is 2.15. The largest absolute Gasteiger partial charge is 0.466 e. The molecule has 0 saturated carbocycles. The minimum Gasteiger partial charge on any atom is -0.466 e. The topological polar surface area (TPSA) is 26.3 Å². The Morgan fingerprint density at radius 3 is 1.16 bits per heavy atom. The van der Waals surface area contributed by atoms with Crippen LogP contribution in [0.2, 0.25) is 0 Å². The Kier molecular flexibility index (Phi) is 33.5. The van der Waals surface area contributed by atoms with Crippen molar-refractivity contribution in [3.63, 3.8) is 0 Å². The summed E-state index contributed by atoms with van der Waals surface area (Å²) in [5.41, 5.74) is 0. The first-order chi connectivity index (χ1) is 18.8. The number of carbonyl (C=O) groups is 1. The normalized spacial score (nSPS) is 11.5. The zero-order chi connectivity index (χ0) is 27.6. The Labute approximate surface area is 240 Å². The number of allylic oxidation sites excluding steroid dienone is 2. The number of ether oxygens (including phenoxy) is 1. The van der Waals surface area contributed by atoms with Gasteiger partial charge in [0, 0.05) is 6.42 Å². The molecule has 0 aliphatic carbocycles. The summed E-state index contributed by atoms with van der Waals surface area (Å²) >= 11 is 0. The van der Waals surface area contributed by atoms with Crippen molar-refractivity contribution in [3.05, 3.63) is 12.2 Å². The van der Waals surface area contributed by atoms with Gasteiger partial charge in [-0.15, -0.1) is 0 Å². The fourth-order valence-corrected chi connectivity index (χ4v) is 5.25. The highest BCUT2D eigenvalue weighted by atomic mass is 16.5.